The molecule has 4 aromatic rings. The summed E-state index contributed by atoms with van der Waals surface area (Å²) in [5.41, 5.74) is 2.52. The zero-order chi connectivity index (χ0) is 22.1. The Balaban J connectivity index is 1.39. The second-order valence-corrected chi connectivity index (χ2v) is 7.43. The normalized spacial score (nSPS) is 12.7. The summed E-state index contributed by atoms with van der Waals surface area (Å²) >= 11 is 0. The van der Waals surface area contributed by atoms with Crippen molar-refractivity contribution in [2.24, 2.45) is 0 Å². The molecule has 1 amide bonds. The first kappa shape index (κ1) is 19.7. The summed E-state index contributed by atoms with van der Waals surface area (Å²) in [6, 6.07) is 14.4. The molecule has 2 N–H and O–H groups in total. The SMILES string of the molecule is CCN1c2ncccc2NC(=O)c2cc(CCOc3cc(=O)[nH]c4ccccc34)cnc21. The molecule has 5 rings (SSSR count). The van der Waals surface area contributed by atoms with E-state index in [2.05, 4.69) is 20.3 Å². The van der Waals surface area contributed by atoms with E-state index in [9.17, 15) is 9.59 Å². The first-order chi connectivity index (χ1) is 15.6. The molecule has 160 valence electrons. The number of aromatic amines is 1. The Morgan fingerprint density at radius 1 is 1.03 bits per heavy atom. The van der Waals surface area contributed by atoms with E-state index >= 15 is 0 Å². The number of pyridine rings is 3. The second kappa shape index (κ2) is 8.14. The minimum atomic E-state index is -0.221. The number of anilines is 3. The van der Waals surface area contributed by atoms with Crippen molar-refractivity contribution in [2.45, 2.75) is 13.3 Å². The summed E-state index contributed by atoms with van der Waals surface area (Å²) in [5.74, 6) is 1.56. The maximum Gasteiger partial charge on any atom is 0.259 e. The van der Waals surface area contributed by atoms with Gasteiger partial charge in [0, 0.05) is 36.8 Å². The van der Waals surface area contributed by atoms with Gasteiger partial charge in [-0.25, -0.2) is 9.97 Å². The Labute approximate surface area is 183 Å². The molecule has 0 atom stereocenters. The van der Waals surface area contributed by atoms with Gasteiger partial charge in [0.2, 0.25) is 0 Å². The zero-order valence-corrected chi connectivity index (χ0v) is 17.5. The molecule has 1 aliphatic rings. The van der Waals surface area contributed by atoms with E-state index in [4.69, 9.17) is 4.74 Å². The molecule has 3 aromatic heterocycles. The Hall–Kier alpha value is -4.20. The topological polar surface area (TPSA) is 100 Å². The van der Waals surface area contributed by atoms with Gasteiger partial charge in [-0.1, -0.05) is 12.1 Å². The maximum atomic E-state index is 12.9. The average Bonchev–Trinajstić information content (AvgIpc) is 2.92. The number of nitrogens with zero attached hydrogens (tertiary/aromatic N) is 3. The lowest BCUT2D eigenvalue weighted by Gasteiger charge is -2.21. The van der Waals surface area contributed by atoms with E-state index in [0.29, 0.717) is 48.2 Å². The van der Waals surface area contributed by atoms with Gasteiger partial charge in [0.25, 0.3) is 11.5 Å². The summed E-state index contributed by atoms with van der Waals surface area (Å²) in [6.07, 6.45) is 3.98. The molecule has 0 saturated carbocycles. The van der Waals surface area contributed by atoms with Gasteiger partial charge in [-0.3, -0.25) is 9.59 Å². The number of fused-ring (bicyclic) bond motifs is 3. The van der Waals surface area contributed by atoms with Crippen LogP contribution in [-0.2, 0) is 6.42 Å². The van der Waals surface area contributed by atoms with Gasteiger partial charge in [0.15, 0.2) is 5.82 Å². The van der Waals surface area contributed by atoms with Gasteiger partial charge in [-0.2, -0.15) is 0 Å². The van der Waals surface area contributed by atoms with Crippen LogP contribution in [0.3, 0.4) is 0 Å². The van der Waals surface area contributed by atoms with Gasteiger partial charge < -0.3 is 19.9 Å². The van der Waals surface area contributed by atoms with E-state index in [-0.39, 0.29) is 11.5 Å². The molecular weight excluding hydrogens is 406 g/mol. The smallest absolute Gasteiger partial charge is 0.259 e. The predicted molar refractivity (Wildman–Crippen MR) is 123 cm³/mol. The summed E-state index contributed by atoms with van der Waals surface area (Å²) in [6.45, 7) is 2.96. The highest BCUT2D eigenvalue weighted by molar-refractivity contribution is 6.11. The van der Waals surface area contributed by atoms with E-state index in [1.54, 1.807) is 18.5 Å². The number of rotatable bonds is 5. The molecule has 0 saturated heterocycles. The number of nitrogens with one attached hydrogen (secondary N) is 2. The lowest BCUT2D eigenvalue weighted by Crippen LogP contribution is -2.20. The van der Waals surface area contributed by atoms with Crippen LogP contribution in [-0.4, -0.2) is 34.0 Å². The van der Waals surface area contributed by atoms with Crippen LogP contribution >= 0.6 is 0 Å². The molecule has 0 spiro atoms. The lowest BCUT2D eigenvalue weighted by molar-refractivity contribution is 0.102. The number of amides is 1. The highest BCUT2D eigenvalue weighted by atomic mass is 16.5. The van der Waals surface area contributed by atoms with Crippen molar-refractivity contribution in [3.05, 3.63) is 82.4 Å². The van der Waals surface area contributed by atoms with E-state index in [1.807, 2.05) is 48.2 Å². The van der Waals surface area contributed by atoms with Crippen LogP contribution in [0, 0.1) is 0 Å². The van der Waals surface area contributed by atoms with Crippen molar-refractivity contribution in [3.63, 3.8) is 0 Å². The number of carbonyl (C=O) groups is 1. The fourth-order valence-corrected chi connectivity index (χ4v) is 3.89. The van der Waals surface area contributed by atoms with Crippen LogP contribution in [0.15, 0.2) is 65.7 Å². The molecule has 8 heteroatoms. The molecule has 8 nitrogen and oxygen atoms in total. The van der Waals surface area contributed by atoms with Crippen molar-refractivity contribution >= 4 is 34.1 Å². The first-order valence-electron chi connectivity index (χ1n) is 10.4. The standard InChI is InChI=1S/C24H21N5O3/c1-2-29-22-17(24(31)28-19-8-5-10-25-23(19)29)12-15(14-26-22)9-11-32-20-13-21(30)27-18-7-4-3-6-16(18)20/h3-8,10,12-14H,2,9,11H2,1H3,(H,27,30)(H,28,31). The molecule has 0 unspecified atom stereocenters. The number of hydrogen-bond acceptors (Lipinski definition) is 6. The Morgan fingerprint density at radius 2 is 1.91 bits per heavy atom. The molecule has 32 heavy (non-hydrogen) atoms. The number of benzene rings is 1. The summed E-state index contributed by atoms with van der Waals surface area (Å²) in [5, 5.41) is 3.77. The van der Waals surface area contributed by atoms with Gasteiger partial charge in [-0.15, -0.1) is 0 Å². The number of carbonyl (C=O) groups excluding carboxylic acids is 1. The monoisotopic (exact) mass is 427 g/mol. The molecule has 1 aromatic carbocycles. The molecule has 0 bridgehead atoms. The summed E-state index contributed by atoms with van der Waals surface area (Å²) in [4.78, 5) is 38.5. The van der Waals surface area contributed by atoms with Crippen molar-refractivity contribution in [1.29, 1.82) is 0 Å². The average molecular weight is 427 g/mol. The number of hydrogen-bond donors (Lipinski definition) is 2. The molecule has 0 aliphatic carbocycles. The van der Waals surface area contributed by atoms with Gasteiger partial charge >= 0.3 is 0 Å². The molecule has 0 fully saturated rings. The maximum absolute atomic E-state index is 12.9. The number of H-pyrrole nitrogens is 1. The summed E-state index contributed by atoms with van der Waals surface area (Å²) < 4.78 is 5.92. The highest BCUT2D eigenvalue weighted by Crippen LogP contribution is 2.34. The quantitative estimate of drug-likeness (QED) is 0.504. The first-order valence-corrected chi connectivity index (χ1v) is 10.4. The van der Waals surface area contributed by atoms with Gasteiger partial charge in [0.05, 0.1) is 23.4 Å². The van der Waals surface area contributed by atoms with Crippen molar-refractivity contribution in [2.75, 3.05) is 23.4 Å². The number of ether oxygens (including phenoxy) is 1. The fourth-order valence-electron chi connectivity index (χ4n) is 3.89. The minimum absolute atomic E-state index is 0.213. The number of aromatic nitrogens is 3. The summed E-state index contributed by atoms with van der Waals surface area (Å²) in [7, 11) is 0. The van der Waals surface area contributed by atoms with Crippen molar-refractivity contribution in [3.8, 4) is 5.75 Å². The third-order valence-corrected chi connectivity index (χ3v) is 5.39. The molecule has 4 heterocycles. The van der Waals surface area contributed by atoms with Crippen LogP contribution in [0.5, 0.6) is 5.75 Å². The van der Waals surface area contributed by atoms with Gasteiger partial charge in [0.1, 0.15) is 11.6 Å². The largest absolute Gasteiger partial charge is 0.492 e. The fraction of sp³-hybridized carbons (Fsp3) is 0.167. The molecule has 0 radical (unpaired) electrons. The zero-order valence-electron chi connectivity index (χ0n) is 17.5. The molecular formula is C24H21N5O3. The number of para-hydroxylation sites is 1. The van der Waals surface area contributed by atoms with Crippen molar-refractivity contribution < 1.29 is 9.53 Å². The Morgan fingerprint density at radius 3 is 2.78 bits per heavy atom. The third kappa shape index (κ3) is 3.56. The van der Waals surface area contributed by atoms with Crippen molar-refractivity contribution in [1.82, 2.24) is 15.0 Å². The van der Waals surface area contributed by atoms with Crippen LogP contribution < -0.4 is 20.5 Å². The van der Waals surface area contributed by atoms with E-state index in [1.165, 1.54) is 6.07 Å². The lowest BCUT2D eigenvalue weighted by atomic mass is 10.1. The highest BCUT2D eigenvalue weighted by Gasteiger charge is 2.26. The van der Waals surface area contributed by atoms with Crippen LogP contribution in [0.2, 0.25) is 0 Å². The molecule has 1 aliphatic heterocycles. The van der Waals surface area contributed by atoms with E-state index < -0.39 is 0 Å². The Kier molecular flexibility index (Phi) is 5.03. The van der Waals surface area contributed by atoms with Crippen LogP contribution in [0.4, 0.5) is 17.3 Å². The predicted octanol–water partition coefficient (Wildman–Crippen LogP) is 3.66. The second-order valence-electron chi connectivity index (χ2n) is 7.43. The minimum Gasteiger partial charge on any atom is -0.492 e. The van der Waals surface area contributed by atoms with Crippen LogP contribution in [0.25, 0.3) is 10.9 Å². The van der Waals surface area contributed by atoms with Crippen LogP contribution in [0.1, 0.15) is 22.8 Å². The van der Waals surface area contributed by atoms with Gasteiger partial charge in [-0.05, 0) is 42.8 Å². The van der Waals surface area contributed by atoms with E-state index in [0.717, 1.165) is 16.5 Å². The Bertz CT molecular complexity index is 1380. The third-order valence-electron chi connectivity index (χ3n) is 5.39.